The number of methoxy groups -OCH3 is 2. The molecule has 1 aromatic carbocycles. The van der Waals surface area contributed by atoms with Crippen LogP contribution in [0.2, 0.25) is 0 Å². The molecule has 7 nitrogen and oxygen atoms in total. The number of aromatic nitrogens is 3. The average Bonchev–Trinajstić information content (AvgIpc) is 3.20. The summed E-state index contributed by atoms with van der Waals surface area (Å²) in [5.41, 5.74) is 3.43. The minimum atomic E-state index is -0.120. The van der Waals surface area contributed by atoms with Crippen LogP contribution in [-0.2, 0) is 7.05 Å². The second kappa shape index (κ2) is 8.57. The number of hydrogen-bond donors (Lipinski definition) is 0. The number of pyridine rings is 1. The van der Waals surface area contributed by atoms with Crippen molar-refractivity contribution in [3.05, 3.63) is 60.2 Å². The number of nitrogens with zero attached hydrogens (tertiary/aromatic N) is 4. The van der Waals surface area contributed by atoms with Crippen LogP contribution in [0.5, 0.6) is 11.5 Å². The van der Waals surface area contributed by atoms with Crippen LogP contribution in [0.4, 0.5) is 0 Å². The van der Waals surface area contributed by atoms with Crippen molar-refractivity contribution < 1.29 is 14.3 Å². The predicted octanol–water partition coefficient (Wildman–Crippen LogP) is 3.87. The lowest BCUT2D eigenvalue weighted by Crippen LogP contribution is -2.39. The molecule has 1 atom stereocenters. The van der Waals surface area contributed by atoms with E-state index in [1.165, 1.54) is 0 Å². The fourth-order valence-electron chi connectivity index (χ4n) is 4.17. The molecule has 7 heteroatoms. The van der Waals surface area contributed by atoms with E-state index in [1.54, 1.807) is 38.7 Å². The van der Waals surface area contributed by atoms with Gasteiger partial charge in [0, 0.05) is 37.7 Å². The molecule has 0 spiro atoms. The van der Waals surface area contributed by atoms with Gasteiger partial charge in [0.05, 0.1) is 26.0 Å². The maximum atomic E-state index is 13.7. The van der Waals surface area contributed by atoms with Gasteiger partial charge in [-0.25, -0.2) is 0 Å². The predicted molar refractivity (Wildman–Crippen MR) is 114 cm³/mol. The first kappa shape index (κ1) is 19.9. The lowest BCUT2D eigenvalue weighted by atomic mass is 9.94. The van der Waals surface area contributed by atoms with Gasteiger partial charge in [-0.1, -0.05) is 6.07 Å². The first-order valence-corrected chi connectivity index (χ1v) is 10.1. The van der Waals surface area contributed by atoms with E-state index in [0.717, 1.165) is 36.1 Å². The van der Waals surface area contributed by atoms with Gasteiger partial charge < -0.3 is 14.4 Å². The van der Waals surface area contributed by atoms with Gasteiger partial charge in [-0.2, -0.15) is 5.10 Å². The van der Waals surface area contributed by atoms with Gasteiger partial charge in [0.15, 0.2) is 0 Å². The standard InChI is InChI=1S/C23H26N4O3/c1-26-15-17(16-10-12-24-13-11-16)22(25-26)18-7-4-5-14-27(18)23(28)21-19(29-2)8-6-9-20(21)30-3/h6,8-13,15,18H,4-5,7,14H2,1-3H3/t18-/m1/s1. The van der Waals surface area contributed by atoms with Gasteiger partial charge in [-0.05, 0) is 49.1 Å². The minimum Gasteiger partial charge on any atom is -0.496 e. The summed E-state index contributed by atoms with van der Waals surface area (Å²) in [5.74, 6) is 0.929. The number of hydrogen-bond acceptors (Lipinski definition) is 5. The van der Waals surface area contributed by atoms with Crippen LogP contribution >= 0.6 is 0 Å². The first-order valence-electron chi connectivity index (χ1n) is 10.1. The van der Waals surface area contributed by atoms with E-state index >= 15 is 0 Å². The molecule has 0 saturated carbocycles. The molecule has 30 heavy (non-hydrogen) atoms. The van der Waals surface area contributed by atoms with Gasteiger partial charge >= 0.3 is 0 Å². The number of likely N-dealkylation sites (tertiary alicyclic amines) is 1. The molecule has 0 radical (unpaired) electrons. The largest absolute Gasteiger partial charge is 0.496 e. The summed E-state index contributed by atoms with van der Waals surface area (Å²) in [7, 11) is 5.05. The SMILES string of the molecule is COc1cccc(OC)c1C(=O)N1CCCC[C@@H]1c1nn(C)cc1-c1ccncc1. The maximum absolute atomic E-state index is 13.7. The van der Waals surface area contributed by atoms with Crippen molar-refractivity contribution in [2.45, 2.75) is 25.3 Å². The van der Waals surface area contributed by atoms with Crippen molar-refractivity contribution in [2.24, 2.45) is 7.05 Å². The molecule has 3 aromatic rings. The number of benzene rings is 1. The molecule has 0 bridgehead atoms. The quantitative estimate of drug-likeness (QED) is 0.643. The summed E-state index contributed by atoms with van der Waals surface area (Å²) in [5, 5.41) is 4.76. The van der Waals surface area contributed by atoms with Gasteiger partial charge in [-0.3, -0.25) is 14.5 Å². The molecule has 1 amide bonds. The van der Waals surface area contributed by atoms with E-state index in [2.05, 4.69) is 4.98 Å². The third kappa shape index (κ3) is 3.63. The van der Waals surface area contributed by atoms with Crippen LogP contribution in [-0.4, -0.2) is 46.3 Å². The van der Waals surface area contributed by atoms with Crippen LogP contribution in [0.3, 0.4) is 0 Å². The highest BCUT2D eigenvalue weighted by molar-refractivity contribution is 6.00. The lowest BCUT2D eigenvalue weighted by molar-refractivity contribution is 0.0599. The Hall–Kier alpha value is -3.35. The number of rotatable bonds is 5. The number of aryl methyl sites for hydroxylation is 1. The smallest absolute Gasteiger partial charge is 0.261 e. The second-order valence-electron chi connectivity index (χ2n) is 7.39. The second-order valence-corrected chi connectivity index (χ2v) is 7.39. The van der Waals surface area contributed by atoms with E-state index < -0.39 is 0 Å². The van der Waals surface area contributed by atoms with Crippen molar-refractivity contribution in [3.63, 3.8) is 0 Å². The number of piperidine rings is 1. The fourth-order valence-corrected chi connectivity index (χ4v) is 4.17. The minimum absolute atomic E-state index is 0.0969. The first-order chi connectivity index (χ1) is 14.6. The zero-order valence-electron chi connectivity index (χ0n) is 17.5. The van der Waals surface area contributed by atoms with Gasteiger partial charge in [0.25, 0.3) is 5.91 Å². The van der Waals surface area contributed by atoms with Gasteiger partial charge in [0.2, 0.25) is 0 Å². The molecule has 1 aliphatic heterocycles. The summed E-state index contributed by atoms with van der Waals surface area (Å²) in [4.78, 5) is 19.8. The maximum Gasteiger partial charge on any atom is 0.261 e. The summed E-state index contributed by atoms with van der Waals surface area (Å²) < 4.78 is 12.8. The van der Waals surface area contributed by atoms with E-state index in [0.29, 0.717) is 23.6 Å². The third-order valence-corrected chi connectivity index (χ3v) is 5.57. The lowest BCUT2D eigenvalue weighted by Gasteiger charge is -2.36. The molecule has 2 aromatic heterocycles. The van der Waals surface area contributed by atoms with Crippen LogP contribution in [0.25, 0.3) is 11.1 Å². The summed E-state index contributed by atoms with van der Waals surface area (Å²) in [6.45, 7) is 0.664. The molecular weight excluding hydrogens is 380 g/mol. The van der Waals surface area contributed by atoms with Crippen molar-refractivity contribution in [3.8, 4) is 22.6 Å². The van der Waals surface area contributed by atoms with Crippen LogP contribution in [0, 0.1) is 0 Å². The van der Waals surface area contributed by atoms with Gasteiger partial charge in [-0.15, -0.1) is 0 Å². The normalized spacial score (nSPS) is 16.4. The molecular formula is C23H26N4O3. The molecule has 3 heterocycles. The molecule has 1 fully saturated rings. The Morgan fingerprint density at radius 2 is 1.77 bits per heavy atom. The van der Waals surface area contributed by atoms with E-state index in [1.807, 2.05) is 41.0 Å². The molecule has 1 aliphatic rings. The highest BCUT2D eigenvalue weighted by Gasteiger charge is 2.34. The molecule has 0 N–H and O–H groups in total. The van der Waals surface area contributed by atoms with Crippen molar-refractivity contribution in [1.82, 2.24) is 19.7 Å². The topological polar surface area (TPSA) is 69.5 Å². The zero-order valence-corrected chi connectivity index (χ0v) is 17.5. The Morgan fingerprint density at radius 3 is 2.43 bits per heavy atom. The van der Waals surface area contributed by atoms with Crippen molar-refractivity contribution in [2.75, 3.05) is 20.8 Å². The van der Waals surface area contributed by atoms with Crippen molar-refractivity contribution >= 4 is 5.91 Å². The number of carbonyl (C=O) groups is 1. The molecule has 0 aliphatic carbocycles. The summed E-state index contributed by atoms with van der Waals surface area (Å²) in [6, 6.07) is 9.22. The van der Waals surface area contributed by atoms with E-state index in [9.17, 15) is 4.79 Å². The Labute approximate surface area is 176 Å². The average molecular weight is 406 g/mol. The molecule has 4 rings (SSSR count). The highest BCUT2D eigenvalue weighted by Crippen LogP contribution is 2.39. The molecule has 0 unspecified atom stereocenters. The fraction of sp³-hybridized carbons (Fsp3) is 0.348. The van der Waals surface area contributed by atoms with Crippen molar-refractivity contribution in [1.29, 1.82) is 0 Å². The summed E-state index contributed by atoms with van der Waals surface area (Å²) in [6.07, 6.45) is 8.41. The van der Waals surface area contributed by atoms with Crippen LogP contribution in [0.1, 0.15) is 41.4 Å². The number of carbonyl (C=O) groups excluding carboxylic acids is 1. The van der Waals surface area contributed by atoms with Crippen LogP contribution < -0.4 is 9.47 Å². The zero-order chi connectivity index (χ0) is 21.1. The molecule has 1 saturated heterocycles. The third-order valence-electron chi connectivity index (χ3n) is 5.57. The summed E-state index contributed by atoms with van der Waals surface area (Å²) >= 11 is 0. The van der Waals surface area contributed by atoms with E-state index in [-0.39, 0.29) is 11.9 Å². The Balaban J connectivity index is 1.77. The van der Waals surface area contributed by atoms with Gasteiger partial charge in [0.1, 0.15) is 17.1 Å². The highest BCUT2D eigenvalue weighted by atomic mass is 16.5. The number of amides is 1. The van der Waals surface area contributed by atoms with E-state index in [4.69, 9.17) is 14.6 Å². The van der Waals surface area contributed by atoms with Crippen LogP contribution in [0.15, 0.2) is 48.9 Å². The Kier molecular flexibility index (Phi) is 5.70. The monoisotopic (exact) mass is 406 g/mol. The Morgan fingerprint density at radius 1 is 1.07 bits per heavy atom. The number of ether oxygens (including phenoxy) is 2. The molecule has 156 valence electrons. The Bertz CT molecular complexity index is 1010.